The second kappa shape index (κ2) is 4.90. The predicted octanol–water partition coefficient (Wildman–Crippen LogP) is 4.64. The number of benzene rings is 1. The van der Waals surface area contributed by atoms with E-state index >= 15 is 0 Å². The molecule has 1 aromatic carbocycles. The molecule has 0 spiro atoms. The van der Waals surface area contributed by atoms with Crippen LogP contribution in [0.5, 0.6) is 0 Å². The number of aryl methyl sites for hydroxylation is 2. The van der Waals surface area contributed by atoms with Crippen LogP contribution in [-0.4, -0.2) is 5.11 Å². The van der Waals surface area contributed by atoms with E-state index in [2.05, 4.69) is 0 Å². The summed E-state index contributed by atoms with van der Waals surface area (Å²) in [5.74, 6) is 0. The van der Waals surface area contributed by atoms with Gasteiger partial charge in [0.1, 0.15) is 5.60 Å². The van der Waals surface area contributed by atoms with Crippen LogP contribution in [-0.2, 0) is 11.8 Å². The summed E-state index contributed by atoms with van der Waals surface area (Å²) in [5, 5.41) is 12.6. The van der Waals surface area contributed by atoms with E-state index in [0.717, 1.165) is 22.6 Å². The lowest BCUT2D eigenvalue weighted by atomic mass is 9.88. The fourth-order valence-electron chi connectivity index (χ4n) is 2.38. The van der Waals surface area contributed by atoms with Gasteiger partial charge in [-0.3, -0.25) is 0 Å². The molecule has 5 heteroatoms. The van der Waals surface area contributed by atoms with Crippen molar-refractivity contribution in [1.82, 2.24) is 0 Å². The van der Waals surface area contributed by atoms with Gasteiger partial charge >= 0.3 is 6.18 Å². The second-order valence-corrected chi connectivity index (χ2v) is 5.95. The van der Waals surface area contributed by atoms with Crippen molar-refractivity contribution >= 4 is 11.3 Å². The molecule has 2 aromatic rings. The normalized spacial score (nSPS) is 15.2. The molecule has 0 saturated carbocycles. The summed E-state index contributed by atoms with van der Waals surface area (Å²) in [6.07, 6.45) is -4.37. The topological polar surface area (TPSA) is 20.2 Å². The van der Waals surface area contributed by atoms with E-state index in [4.69, 9.17) is 0 Å². The smallest absolute Gasteiger partial charge is 0.380 e. The van der Waals surface area contributed by atoms with E-state index in [0.29, 0.717) is 11.1 Å². The van der Waals surface area contributed by atoms with Crippen molar-refractivity contribution in [3.63, 3.8) is 0 Å². The van der Waals surface area contributed by atoms with Gasteiger partial charge in [0.2, 0.25) is 0 Å². The molecule has 0 aliphatic carbocycles. The van der Waals surface area contributed by atoms with Crippen LogP contribution < -0.4 is 0 Å². The molecular formula is C15H15F3OS. The highest BCUT2D eigenvalue weighted by atomic mass is 32.1. The van der Waals surface area contributed by atoms with Crippen LogP contribution in [0.4, 0.5) is 13.2 Å². The fraction of sp³-hybridized carbons (Fsp3) is 0.333. The number of thiophene rings is 1. The Kier molecular flexibility index (Phi) is 3.69. The summed E-state index contributed by atoms with van der Waals surface area (Å²) < 4.78 is 38.0. The average Bonchev–Trinajstić information content (AvgIpc) is 2.74. The fourth-order valence-corrected chi connectivity index (χ4v) is 3.38. The minimum atomic E-state index is -4.37. The average molecular weight is 300 g/mol. The molecule has 1 nitrogen and oxygen atoms in total. The lowest BCUT2D eigenvalue weighted by Gasteiger charge is -2.26. The number of alkyl halides is 3. The predicted molar refractivity (Wildman–Crippen MR) is 73.9 cm³/mol. The molecule has 1 unspecified atom stereocenters. The van der Waals surface area contributed by atoms with Crippen molar-refractivity contribution in [3.05, 3.63) is 56.8 Å². The number of halogens is 3. The molecule has 108 valence electrons. The first-order valence-electron chi connectivity index (χ1n) is 6.09. The van der Waals surface area contributed by atoms with Crippen LogP contribution in [0, 0.1) is 13.8 Å². The zero-order chi connectivity index (χ0) is 15.1. The van der Waals surface area contributed by atoms with Gasteiger partial charge in [-0.25, -0.2) is 0 Å². The largest absolute Gasteiger partial charge is 0.416 e. The molecule has 1 atom stereocenters. The Morgan fingerprint density at radius 2 is 1.70 bits per heavy atom. The van der Waals surface area contributed by atoms with Crippen molar-refractivity contribution in [3.8, 4) is 0 Å². The molecule has 0 aliphatic heterocycles. The number of hydrogen-bond donors (Lipinski definition) is 1. The Morgan fingerprint density at radius 1 is 1.05 bits per heavy atom. The van der Waals surface area contributed by atoms with Gasteiger partial charge in [-0.1, -0.05) is 6.07 Å². The van der Waals surface area contributed by atoms with E-state index < -0.39 is 17.3 Å². The zero-order valence-electron chi connectivity index (χ0n) is 11.4. The van der Waals surface area contributed by atoms with Gasteiger partial charge in [0.15, 0.2) is 0 Å². The van der Waals surface area contributed by atoms with Gasteiger partial charge < -0.3 is 5.11 Å². The third-order valence-corrected chi connectivity index (χ3v) is 4.61. The molecule has 1 heterocycles. The lowest BCUT2D eigenvalue weighted by Crippen LogP contribution is -2.24. The Morgan fingerprint density at radius 3 is 2.15 bits per heavy atom. The second-order valence-electron chi connectivity index (χ2n) is 5.03. The van der Waals surface area contributed by atoms with Crippen LogP contribution in [0.1, 0.15) is 34.1 Å². The molecule has 0 amide bonds. The van der Waals surface area contributed by atoms with E-state index in [1.54, 1.807) is 13.8 Å². The first-order chi connectivity index (χ1) is 9.14. The third-order valence-electron chi connectivity index (χ3n) is 3.38. The standard InChI is InChI=1S/C15H15F3OS/c1-9-6-7-20-13(9)14(3,19)12-5-4-11(8-10(12)2)15(16,17)18/h4-8,19H,1-3H3. The summed E-state index contributed by atoms with van der Waals surface area (Å²) in [5.41, 5.74) is -0.127. The molecule has 1 N–H and O–H groups in total. The summed E-state index contributed by atoms with van der Waals surface area (Å²) >= 11 is 1.40. The SMILES string of the molecule is Cc1cc(C(F)(F)F)ccc1C(C)(O)c1sccc1C. The van der Waals surface area contributed by atoms with Gasteiger partial charge in [-0.05, 0) is 61.0 Å². The third kappa shape index (κ3) is 2.60. The zero-order valence-corrected chi connectivity index (χ0v) is 12.2. The van der Waals surface area contributed by atoms with E-state index in [-0.39, 0.29) is 0 Å². The van der Waals surface area contributed by atoms with Gasteiger partial charge in [0, 0.05) is 4.88 Å². The highest BCUT2D eigenvalue weighted by Gasteiger charge is 2.34. The van der Waals surface area contributed by atoms with Crippen LogP contribution in [0.15, 0.2) is 29.6 Å². The first kappa shape index (κ1) is 15.1. The summed E-state index contributed by atoms with van der Waals surface area (Å²) in [6.45, 7) is 5.07. The Balaban J connectivity index is 2.51. The van der Waals surface area contributed by atoms with E-state index in [9.17, 15) is 18.3 Å². The summed E-state index contributed by atoms with van der Waals surface area (Å²) in [4.78, 5) is 0.750. The van der Waals surface area contributed by atoms with Gasteiger partial charge in [0.25, 0.3) is 0 Å². The highest BCUT2D eigenvalue weighted by Crippen LogP contribution is 2.38. The maximum absolute atomic E-state index is 12.7. The van der Waals surface area contributed by atoms with E-state index in [1.807, 2.05) is 18.4 Å². The number of hydrogen-bond acceptors (Lipinski definition) is 2. The van der Waals surface area contributed by atoms with Crippen LogP contribution in [0.2, 0.25) is 0 Å². The van der Waals surface area contributed by atoms with Crippen molar-refractivity contribution in [2.75, 3.05) is 0 Å². The Hall–Kier alpha value is -1.33. The summed E-state index contributed by atoms with van der Waals surface area (Å²) in [7, 11) is 0. The molecular weight excluding hydrogens is 285 g/mol. The highest BCUT2D eigenvalue weighted by molar-refractivity contribution is 7.10. The van der Waals surface area contributed by atoms with Crippen LogP contribution in [0.25, 0.3) is 0 Å². The minimum absolute atomic E-state index is 0.428. The van der Waals surface area contributed by atoms with Crippen LogP contribution >= 0.6 is 11.3 Å². The van der Waals surface area contributed by atoms with Crippen molar-refractivity contribution < 1.29 is 18.3 Å². The van der Waals surface area contributed by atoms with Crippen molar-refractivity contribution in [2.45, 2.75) is 32.5 Å². The van der Waals surface area contributed by atoms with Gasteiger partial charge in [0.05, 0.1) is 5.56 Å². The Bertz CT molecular complexity index is 626. The van der Waals surface area contributed by atoms with Crippen molar-refractivity contribution in [2.24, 2.45) is 0 Å². The Labute approximate surface area is 119 Å². The molecule has 2 rings (SSSR count). The monoisotopic (exact) mass is 300 g/mol. The molecule has 0 aliphatic rings. The maximum Gasteiger partial charge on any atom is 0.416 e. The number of aliphatic hydroxyl groups is 1. The van der Waals surface area contributed by atoms with Crippen molar-refractivity contribution in [1.29, 1.82) is 0 Å². The van der Waals surface area contributed by atoms with Gasteiger partial charge in [-0.2, -0.15) is 13.2 Å². The first-order valence-corrected chi connectivity index (χ1v) is 6.97. The lowest BCUT2D eigenvalue weighted by molar-refractivity contribution is -0.137. The minimum Gasteiger partial charge on any atom is -0.380 e. The van der Waals surface area contributed by atoms with Crippen LogP contribution in [0.3, 0.4) is 0 Å². The molecule has 0 fully saturated rings. The van der Waals surface area contributed by atoms with E-state index in [1.165, 1.54) is 17.4 Å². The van der Waals surface area contributed by atoms with Gasteiger partial charge in [-0.15, -0.1) is 11.3 Å². The quantitative estimate of drug-likeness (QED) is 0.856. The molecule has 0 bridgehead atoms. The summed E-state index contributed by atoms with van der Waals surface area (Å²) in [6, 6.07) is 5.33. The molecule has 0 saturated heterocycles. The maximum atomic E-state index is 12.7. The molecule has 1 aromatic heterocycles. The molecule has 0 radical (unpaired) electrons. The number of rotatable bonds is 2. The molecule has 20 heavy (non-hydrogen) atoms.